The first-order valence-corrected chi connectivity index (χ1v) is 8.28. The maximum absolute atomic E-state index is 11.5. The number of furan rings is 1. The van der Waals surface area contributed by atoms with Crippen molar-refractivity contribution >= 4 is 21.9 Å². The van der Waals surface area contributed by atoms with E-state index in [4.69, 9.17) is 18.3 Å². The topological polar surface area (TPSA) is 61.8 Å². The van der Waals surface area contributed by atoms with E-state index < -0.39 is 0 Å². The Morgan fingerprint density at radius 3 is 2.65 bits per heavy atom. The molecule has 0 saturated carbocycles. The minimum atomic E-state index is -0.369. The van der Waals surface area contributed by atoms with Gasteiger partial charge in [-0.05, 0) is 55.3 Å². The molecule has 0 spiro atoms. The highest BCUT2D eigenvalue weighted by Crippen LogP contribution is 2.31. The summed E-state index contributed by atoms with van der Waals surface area (Å²) in [6, 6.07) is 12.8. The van der Waals surface area contributed by atoms with Crippen LogP contribution in [-0.2, 0) is 6.61 Å². The molecular formula is C21H18O5. The summed E-state index contributed by atoms with van der Waals surface area (Å²) in [7, 11) is 1.62. The van der Waals surface area contributed by atoms with Crippen molar-refractivity contribution in [2.24, 2.45) is 0 Å². The number of aryl methyl sites for hydroxylation is 2. The van der Waals surface area contributed by atoms with E-state index in [2.05, 4.69) is 0 Å². The quantitative estimate of drug-likeness (QED) is 0.497. The molecule has 5 nitrogen and oxygen atoms in total. The highest BCUT2D eigenvalue weighted by molar-refractivity contribution is 5.84. The number of rotatable bonds is 4. The Morgan fingerprint density at radius 2 is 1.85 bits per heavy atom. The van der Waals surface area contributed by atoms with Gasteiger partial charge in [-0.15, -0.1) is 0 Å². The molecule has 0 N–H and O–H groups in total. The van der Waals surface area contributed by atoms with E-state index in [1.165, 1.54) is 6.07 Å². The molecule has 0 aliphatic heterocycles. The maximum atomic E-state index is 11.5. The SMILES string of the molecule is COc1cc(C)cc2cc(COc3ccc4c(C)cc(=O)oc4c3)oc12. The standard InChI is InChI=1S/C21H18O5/c1-12-6-14-9-16(25-21(14)19(7-12)23-3)11-24-15-4-5-17-13(2)8-20(22)26-18(17)10-15/h4-10H,11H2,1-3H3. The molecule has 0 aliphatic carbocycles. The number of methoxy groups -OCH3 is 1. The zero-order chi connectivity index (χ0) is 18.3. The average molecular weight is 350 g/mol. The van der Waals surface area contributed by atoms with Gasteiger partial charge in [0, 0.05) is 22.9 Å². The smallest absolute Gasteiger partial charge is 0.336 e. The van der Waals surface area contributed by atoms with Gasteiger partial charge < -0.3 is 18.3 Å². The fraction of sp³-hybridized carbons (Fsp3) is 0.190. The molecule has 2 aromatic heterocycles. The lowest BCUT2D eigenvalue weighted by Crippen LogP contribution is -1.98. The van der Waals surface area contributed by atoms with E-state index in [9.17, 15) is 4.79 Å². The minimum absolute atomic E-state index is 0.262. The number of benzene rings is 2. The van der Waals surface area contributed by atoms with Crippen LogP contribution in [-0.4, -0.2) is 7.11 Å². The molecule has 4 aromatic rings. The molecule has 0 saturated heterocycles. The number of ether oxygens (including phenoxy) is 2. The number of fused-ring (bicyclic) bond motifs is 2. The Labute approximate surface area is 149 Å². The van der Waals surface area contributed by atoms with Gasteiger partial charge in [0.1, 0.15) is 23.7 Å². The van der Waals surface area contributed by atoms with Gasteiger partial charge in [0.15, 0.2) is 11.3 Å². The molecule has 0 bridgehead atoms. The predicted molar refractivity (Wildman–Crippen MR) is 99.1 cm³/mol. The highest BCUT2D eigenvalue weighted by atomic mass is 16.5. The lowest BCUT2D eigenvalue weighted by Gasteiger charge is -2.06. The summed E-state index contributed by atoms with van der Waals surface area (Å²) < 4.78 is 22.3. The molecular weight excluding hydrogens is 332 g/mol. The van der Waals surface area contributed by atoms with Crippen molar-refractivity contribution in [1.82, 2.24) is 0 Å². The first kappa shape index (κ1) is 16.3. The van der Waals surface area contributed by atoms with Crippen molar-refractivity contribution in [1.29, 1.82) is 0 Å². The van der Waals surface area contributed by atoms with Crippen molar-refractivity contribution in [2.75, 3.05) is 7.11 Å². The van der Waals surface area contributed by atoms with Gasteiger partial charge in [-0.3, -0.25) is 0 Å². The second kappa shape index (κ2) is 6.26. The van der Waals surface area contributed by atoms with Crippen LogP contribution in [0.1, 0.15) is 16.9 Å². The molecule has 2 heterocycles. The lowest BCUT2D eigenvalue weighted by molar-refractivity contribution is 0.273. The van der Waals surface area contributed by atoms with Crippen molar-refractivity contribution in [3.8, 4) is 11.5 Å². The predicted octanol–water partition coefficient (Wildman–Crippen LogP) is 4.74. The molecule has 0 radical (unpaired) electrons. The Hall–Kier alpha value is -3.21. The van der Waals surface area contributed by atoms with E-state index in [0.717, 1.165) is 21.9 Å². The monoisotopic (exact) mass is 350 g/mol. The first-order chi connectivity index (χ1) is 12.5. The Bertz CT molecular complexity index is 1170. The van der Waals surface area contributed by atoms with Crippen LogP contribution in [0.3, 0.4) is 0 Å². The van der Waals surface area contributed by atoms with E-state index in [0.29, 0.717) is 28.4 Å². The van der Waals surface area contributed by atoms with E-state index in [1.807, 2.05) is 44.2 Å². The van der Waals surface area contributed by atoms with Crippen LogP contribution in [0.15, 0.2) is 56.1 Å². The third-order valence-electron chi connectivity index (χ3n) is 4.30. The second-order valence-electron chi connectivity index (χ2n) is 6.29. The van der Waals surface area contributed by atoms with Crippen molar-refractivity contribution in [3.05, 3.63) is 69.8 Å². The fourth-order valence-corrected chi connectivity index (χ4v) is 3.09. The van der Waals surface area contributed by atoms with Gasteiger partial charge in [-0.2, -0.15) is 0 Å². The van der Waals surface area contributed by atoms with Gasteiger partial charge in [0.05, 0.1) is 7.11 Å². The van der Waals surface area contributed by atoms with Crippen molar-refractivity contribution < 1.29 is 18.3 Å². The zero-order valence-corrected chi connectivity index (χ0v) is 14.8. The average Bonchev–Trinajstić information content (AvgIpc) is 3.01. The molecule has 26 heavy (non-hydrogen) atoms. The van der Waals surface area contributed by atoms with Crippen LogP contribution < -0.4 is 15.1 Å². The molecule has 132 valence electrons. The molecule has 0 amide bonds. The first-order valence-electron chi connectivity index (χ1n) is 8.28. The molecule has 5 heteroatoms. The van der Waals surface area contributed by atoms with Crippen LogP contribution in [0.25, 0.3) is 21.9 Å². The van der Waals surface area contributed by atoms with Crippen LogP contribution in [0.2, 0.25) is 0 Å². The van der Waals surface area contributed by atoms with Gasteiger partial charge in [-0.1, -0.05) is 0 Å². The summed E-state index contributed by atoms with van der Waals surface area (Å²) in [6.07, 6.45) is 0. The summed E-state index contributed by atoms with van der Waals surface area (Å²) in [6.45, 7) is 4.15. The van der Waals surface area contributed by atoms with Gasteiger partial charge in [0.25, 0.3) is 0 Å². The molecule has 0 fully saturated rings. The van der Waals surface area contributed by atoms with Crippen molar-refractivity contribution in [3.63, 3.8) is 0 Å². The largest absolute Gasteiger partial charge is 0.493 e. The molecule has 2 aromatic carbocycles. The third-order valence-corrected chi connectivity index (χ3v) is 4.30. The minimum Gasteiger partial charge on any atom is -0.493 e. The molecule has 0 atom stereocenters. The summed E-state index contributed by atoms with van der Waals surface area (Å²) in [5.74, 6) is 2.00. The summed E-state index contributed by atoms with van der Waals surface area (Å²) >= 11 is 0. The Kier molecular flexibility index (Phi) is 3.92. The third kappa shape index (κ3) is 2.92. The van der Waals surface area contributed by atoms with E-state index >= 15 is 0 Å². The van der Waals surface area contributed by atoms with Crippen LogP contribution in [0.5, 0.6) is 11.5 Å². The molecule has 4 rings (SSSR count). The summed E-state index contributed by atoms with van der Waals surface area (Å²) in [4.78, 5) is 11.5. The van der Waals surface area contributed by atoms with E-state index in [-0.39, 0.29) is 12.2 Å². The van der Waals surface area contributed by atoms with Crippen LogP contribution >= 0.6 is 0 Å². The normalized spacial score (nSPS) is 11.2. The number of hydrogen-bond donors (Lipinski definition) is 0. The second-order valence-corrected chi connectivity index (χ2v) is 6.29. The Balaban J connectivity index is 1.62. The highest BCUT2D eigenvalue weighted by Gasteiger charge is 2.11. The van der Waals surface area contributed by atoms with E-state index in [1.54, 1.807) is 13.2 Å². The molecule has 0 unspecified atom stereocenters. The Morgan fingerprint density at radius 1 is 1.00 bits per heavy atom. The van der Waals surface area contributed by atoms with Crippen LogP contribution in [0, 0.1) is 13.8 Å². The fourth-order valence-electron chi connectivity index (χ4n) is 3.09. The zero-order valence-electron chi connectivity index (χ0n) is 14.8. The van der Waals surface area contributed by atoms with Crippen LogP contribution in [0.4, 0.5) is 0 Å². The number of hydrogen-bond acceptors (Lipinski definition) is 5. The summed E-state index contributed by atoms with van der Waals surface area (Å²) in [5.41, 5.74) is 2.82. The van der Waals surface area contributed by atoms with Gasteiger partial charge >= 0.3 is 5.63 Å². The van der Waals surface area contributed by atoms with Gasteiger partial charge in [-0.25, -0.2) is 4.79 Å². The lowest BCUT2D eigenvalue weighted by atomic mass is 10.1. The maximum Gasteiger partial charge on any atom is 0.336 e. The summed E-state index contributed by atoms with van der Waals surface area (Å²) in [5, 5.41) is 1.86. The van der Waals surface area contributed by atoms with Crippen molar-refractivity contribution in [2.45, 2.75) is 20.5 Å². The molecule has 0 aliphatic rings. The van der Waals surface area contributed by atoms with Gasteiger partial charge in [0.2, 0.25) is 0 Å².